The molecule has 0 N–H and O–H groups in total. The number of ketones is 1. The van der Waals surface area contributed by atoms with Crippen LogP contribution < -0.4 is 9.47 Å². The fourth-order valence-corrected chi connectivity index (χ4v) is 3.72. The summed E-state index contributed by atoms with van der Waals surface area (Å²) in [7, 11) is 1.31. The Bertz CT molecular complexity index is 1060. The maximum atomic E-state index is 12.9. The molecule has 3 aromatic rings. The molecule has 1 atom stereocenters. The van der Waals surface area contributed by atoms with Gasteiger partial charge < -0.3 is 14.2 Å². The van der Waals surface area contributed by atoms with Crippen molar-refractivity contribution in [2.45, 2.75) is 26.1 Å². The number of Topliss-reactive ketones (excluding diaryl/α,β-unsaturated/α-hetero) is 1. The smallest absolute Gasteiger partial charge is 0.316 e. The van der Waals surface area contributed by atoms with Gasteiger partial charge in [-0.15, -0.1) is 0 Å². The van der Waals surface area contributed by atoms with E-state index in [2.05, 4.69) is 0 Å². The zero-order valence-electron chi connectivity index (χ0n) is 17.4. The van der Waals surface area contributed by atoms with Crippen LogP contribution in [0.25, 0.3) is 0 Å². The van der Waals surface area contributed by atoms with E-state index in [-0.39, 0.29) is 5.78 Å². The summed E-state index contributed by atoms with van der Waals surface area (Å²) in [4.78, 5) is 24.9. The van der Waals surface area contributed by atoms with E-state index in [1.807, 2.05) is 66.7 Å². The molecule has 0 spiro atoms. The first-order valence-corrected chi connectivity index (χ1v) is 10.3. The molecule has 0 amide bonds. The zero-order chi connectivity index (χ0) is 21.6. The van der Waals surface area contributed by atoms with Crippen molar-refractivity contribution in [1.29, 1.82) is 0 Å². The monoisotopic (exact) mass is 416 g/mol. The van der Waals surface area contributed by atoms with Crippen molar-refractivity contribution in [3.63, 3.8) is 0 Å². The molecule has 3 aromatic carbocycles. The maximum absolute atomic E-state index is 12.9. The Kier molecular flexibility index (Phi) is 6.32. The SMILES string of the molecule is COC(=O)C1CCc2cc(OCc3ccccc3)c(OCc3ccccc3)cc2C1=O. The van der Waals surface area contributed by atoms with E-state index in [1.165, 1.54) is 7.11 Å². The van der Waals surface area contributed by atoms with Crippen LogP contribution in [-0.4, -0.2) is 18.9 Å². The lowest BCUT2D eigenvalue weighted by molar-refractivity contribution is -0.143. The van der Waals surface area contributed by atoms with E-state index >= 15 is 0 Å². The Hall–Kier alpha value is -3.60. The lowest BCUT2D eigenvalue weighted by Gasteiger charge is -2.23. The van der Waals surface area contributed by atoms with Crippen molar-refractivity contribution in [1.82, 2.24) is 0 Å². The normalized spacial score (nSPS) is 15.1. The first-order chi connectivity index (χ1) is 15.2. The van der Waals surface area contributed by atoms with Crippen molar-refractivity contribution in [3.05, 3.63) is 95.1 Å². The highest BCUT2D eigenvalue weighted by Crippen LogP contribution is 2.37. The predicted molar refractivity (Wildman–Crippen MR) is 116 cm³/mol. The Balaban J connectivity index is 1.62. The van der Waals surface area contributed by atoms with Crippen LogP contribution in [0.15, 0.2) is 72.8 Å². The van der Waals surface area contributed by atoms with Gasteiger partial charge in [-0.25, -0.2) is 0 Å². The lowest BCUT2D eigenvalue weighted by atomic mass is 9.82. The second-order valence-electron chi connectivity index (χ2n) is 7.48. The standard InChI is InChI=1S/C26H24O5/c1-29-26(28)21-13-12-20-14-23(30-16-18-8-4-2-5-9-18)24(15-22(20)25(21)27)31-17-19-10-6-3-7-11-19/h2-11,14-15,21H,12-13,16-17H2,1H3. The molecule has 0 bridgehead atoms. The third-order valence-corrected chi connectivity index (χ3v) is 5.41. The molecular formula is C26H24O5. The van der Waals surface area contributed by atoms with Gasteiger partial charge in [0.15, 0.2) is 17.3 Å². The summed E-state index contributed by atoms with van der Waals surface area (Å²) in [5.41, 5.74) is 3.40. The Labute approximate surface area is 181 Å². The van der Waals surface area contributed by atoms with Gasteiger partial charge in [0.1, 0.15) is 19.1 Å². The summed E-state index contributed by atoms with van der Waals surface area (Å²) in [6.45, 7) is 0.732. The van der Waals surface area contributed by atoms with Crippen molar-refractivity contribution in [2.24, 2.45) is 5.92 Å². The molecule has 0 saturated heterocycles. The second kappa shape index (κ2) is 9.47. The molecule has 1 aliphatic carbocycles. The summed E-state index contributed by atoms with van der Waals surface area (Å²) >= 11 is 0. The Morgan fingerprint density at radius 1 is 0.871 bits per heavy atom. The zero-order valence-corrected chi connectivity index (χ0v) is 17.4. The Morgan fingerprint density at radius 2 is 1.42 bits per heavy atom. The molecule has 0 aliphatic heterocycles. The van der Waals surface area contributed by atoms with Crippen LogP contribution in [0.3, 0.4) is 0 Å². The third kappa shape index (κ3) is 4.77. The van der Waals surface area contributed by atoms with Gasteiger partial charge >= 0.3 is 5.97 Å². The fraction of sp³-hybridized carbons (Fsp3) is 0.231. The van der Waals surface area contributed by atoms with Crippen molar-refractivity contribution in [3.8, 4) is 11.5 Å². The highest BCUT2D eigenvalue weighted by atomic mass is 16.5. The number of hydrogen-bond acceptors (Lipinski definition) is 5. The van der Waals surface area contributed by atoms with Crippen molar-refractivity contribution >= 4 is 11.8 Å². The number of rotatable bonds is 7. The van der Waals surface area contributed by atoms with Gasteiger partial charge in [-0.3, -0.25) is 9.59 Å². The Morgan fingerprint density at radius 3 is 1.97 bits per heavy atom. The largest absolute Gasteiger partial charge is 0.485 e. The van der Waals surface area contributed by atoms with Crippen LogP contribution in [0, 0.1) is 5.92 Å². The molecular weight excluding hydrogens is 392 g/mol. The number of fused-ring (bicyclic) bond motifs is 1. The van der Waals surface area contributed by atoms with Gasteiger partial charge in [-0.05, 0) is 41.7 Å². The molecule has 0 aromatic heterocycles. The number of ether oxygens (including phenoxy) is 3. The van der Waals surface area contributed by atoms with Gasteiger partial charge in [0.05, 0.1) is 7.11 Å². The molecule has 1 unspecified atom stereocenters. The van der Waals surface area contributed by atoms with Crippen LogP contribution in [0.1, 0.15) is 33.5 Å². The molecule has 5 heteroatoms. The maximum Gasteiger partial charge on any atom is 0.316 e. The number of methoxy groups -OCH3 is 1. The average molecular weight is 416 g/mol. The topological polar surface area (TPSA) is 61.8 Å². The number of carbonyl (C=O) groups excluding carboxylic acids is 2. The van der Waals surface area contributed by atoms with Crippen molar-refractivity contribution in [2.75, 3.05) is 7.11 Å². The minimum absolute atomic E-state index is 0.229. The van der Waals surface area contributed by atoms with E-state index < -0.39 is 11.9 Å². The fourth-order valence-electron chi connectivity index (χ4n) is 3.72. The van der Waals surface area contributed by atoms with E-state index in [9.17, 15) is 9.59 Å². The number of aryl methyl sites for hydroxylation is 1. The molecule has 31 heavy (non-hydrogen) atoms. The summed E-state index contributed by atoms with van der Waals surface area (Å²) in [6.07, 6.45) is 1.03. The molecule has 0 radical (unpaired) electrons. The molecule has 158 valence electrons. The molecule has 0 heterocycles. The summed E-state index contributed by atoms with van der Waals surface area (Å²) in [6, 6.07) is 23.2. The highest BCUT2D eigenvalue weighted by Gasteiger charge is 2.34. The summed E-state index contributed by atoms with van der Waals surface area (Å²) < 4.78 is 16.9. The number of esters is 1. The average Bonchev–Trinajstić information content (AvgIpc) is 2.82. The molecule has 4 rings (SSSR count). The number of carbonyl (C=O) groups is 2. The highest BCUT2D eigenvalue weighted by molar-refractivity contribution is 6.10. The van der Waals surface area contributed by atoms with Crippen LogP contribution in [-0.2, 0) is 29.2 Å². The van der Waals surface area contributed by atoms with Gasteiger partial charge in [0.2, 0.25) is 0 Å². The van der Waals surface area contributed by atoms with Gasteiger partial charge in [-0.1, -0.05) is 60.7 Å². The molecule has 1 aliphatic rings. The van der Waals surface area contributed by atoms with Crippen LogP contribution in [0.4, 0.5) is 0 Å². The number of benzene rings is 3. The van der Waals surface area contributed by atoms with E-state index in [4.69, 9.17) is 14.2 Å². The molecule has 0 saturated carbocycles. The van der Waals surface area contributed by atoms with Crippen LogP contribution in [0.2, 0.25) is 0 Å². The first-order valence-electron chi connectivity index (χ1n) is 10.3. The second-order valence-corrected chi connectivity index (χ2v) is 7.48. The van der Waals surface area contributed by atoms with Gasteiger partial charge in [0.25, 0.3) is 0 Å². The molecule has 0 fully saturated rings. The number of hydrogen-bond donors (Lipinski definition) is 0. The van der Waals surface area contributed by atoms with Crippen LogP contribution >= 0.6 is 0 Å². The summed E-state index contributed by atoms with van der Waals surface area (Å²) in [5, 5.41) is 0. The van der Waals surface area contributed by atoms with E-state index in [0.717, 1.165) is 16.7 Å². The van der Waals surface area contributed by atoms with Gasteiger partial charge in [0, 0.05) is 5.56 Å². The minimum atomic E-state index is -0.768. The van der Waals surface area contributed by atoms with E-state index in [0.29, 0.717) is 43.1 Å². The van der Waals surface area contributed by atoms with E-state index in [1.54, 1.807) is 6.07 Å². The van der Waals surface area contributed by atoms with Crippen LogP contribution in [0.5, 0.6) is 11.5 Å². The lowest BCUT2D eigenvalue weighted by Crippen LogP contribution is -2.30. The summed E-state index contributed by atoms with van der Waals surface area (Å²) in [5.74, 6) is -0.421. The van der Waals surface area contributed by atoms with Crippen molar-refractivity contribution < 1.29 is 23.8 Å². The predicted octanol–water partition coefficient (Wildman–Crippen LogP) is 4.76. The minimum Gasteiger partial charge on any atom is -0.485 e. The molecule has 5 nitrogen and oxygen atoms in total. The first kappa shape index (κ1) is 20.7. The quantitative estimate of drug-likeness (QED) is 0.410. The third-order valence-electron chi connectivity index (χ3n) is 5.41. The van der Waals surface area contributed by atoms with Gasteiger partial charge in [-0.2, -0.15) is 0 Å².